The van der Waals surface area contributed by atoms with Gasteiger partial charge in [-0.2, -0.15) is 0 Å². The molecule has 0 bridgehead atoms. The number of rotatable bonds is 5. The largest absolute Gasteiger partial charge is 0.370 e. The molecule has 2 aromatic heterocycles. The molecule has 0 aromatic carbocycles. The van der Waals surface area contributed by atoms with E-state index in [1.165, 1.54) is 12.8 Å². The zero-order valence-electron chi connectivity index (χ0n) is 13.0. The molecule has 3 heterocycles. The molecule has 1 aliphatic heterocycles. The fourth-order valence-corrected chi connectivity index (χ4v) is 2.75. The van der Waals surface area contributed by atoms with Crippen LogP contribution in [0.1, 0.15) is 25.6 Å². The average Bonchev–Trinajstić information content (AvgIpc) is 2.61. The smallest absolute Gasteiger partial charge is 0.131 e. The van der Waals surface area contributed by atoms with Crippen molar-refractivity contribution < 1.29 is 0 Å². The molecule has 1 fully saturated rings. The van der Waals surface area contributed by atoms with Gasteiger partial charge >= 0.3 is 0 Å². The summed E-state index contributed by atoms with van der Waals surface area (Å²) in [7, 11) is 0. The highest BCUT2D eigenvalue weighted by Crippen LogP contribution is 2.20. The van der Waals surface area contributed by atoms with Crippen LogP contribution < -0.4 is 10.6 Å². The van der Waals surface area contributed by atoms with Crippen molar-refractivity contribution in [2.24, 2.45) is 5.92 Å². The maximum Gasteiger partial charge on any atom is 0.131 e. The Morgan fingerprint density at radius 1 is 1.18 bits per heavy atom. The molecule has 22 heavy (non-hydrogen) atoms. The Morgan fingerprint density at radius 3 is 2.68 bits per heavy atom. The summed E-state index contributed by atoms with van der Waals surface area (Å²) in [6.07, 6.45) is 6.89. The van der Waals surface area contributed by atoms with Crippen molar-refractivity contribution in [1.82, 2.24) is 20.3 Å². The monoisotopic (exact) mass is 297 g/mol. The lowest BCUT2D eigenvalue weighted by Gasteiger charge is -2.23. The van der Waals surface area contributed by atoms with Crippen molar-refractivity contribution in [3.63, 3.8) is 0 Å². The molecular formula is C17H23N5. The van der Waals surface area contributed by atoms with E-state index in [0.717, 1.165) is 54.9 Å². The second kappa shape index (κ2) is 7.31. The van der Waals surface area contributed by atoms with Gasteiger partial charge in [-0.3, -0.25) is 4.98 Å². The molecule has 116 valence electrons. The second-order valence-corrected chi connectivity index (χ2v) is 5.72. The van der Waals surface area contributed by atoms with Crippen LogP contribution in [0.5, 0.6) is 0 Å². The summed E-state index contributed by atoms with van der Waals surface area (Å²) in [5.41, 5.74) is 2.04. The van der Waals surface area contributed by atoms with Gasteiger partial charge in [0.05, 0.1) is 5.69 Å². The molecule has 0 unspecified atom stereocenters. The minimum absolute atomic E-state index is 0.727. The van der Waals surface area contributed by atoms with Crippen LogP contribution >= 0.6 is 0 Å². The Balaban J connectivity index is 1.75. The third-order valence-corrected chi connectivity index (χ3v) is 4.10. The van der Waals surface area contributed by atoms with E-state index in [1.54, 1.807) is 12.4 Å². The fourth-order valence-electron chi connectivity index (χ4n) is 2.75. The number of hydrogen-bond acceptors (Lipinski definition) is 5. The van der Waals surface area contributed by atoms with E-state index in [4.69, 9.17) is 0 Å². The van der Waals surface area contributed by atoms with Crippen molar-refractivity contribution in [2.75, 3.05) is 25.0 Å². The molecule has 5 heteroatoms. The first-order chi connectivity index (χ1) is 10.8. The Morgan fingerprint density at radius 2 is 1.95 bits per heavy atom. The number of nitrogens with one attached hydrogen (secondary N) is 2. The highest BCUT2D eigenvalue weighted by atomic mass is 15.0. The molecule has 5 nitrogen and oxygen atoms in total. The number of aromatic nitrogens is 3. The zero-order valence-corrected chi connectivity index (χ0v) is 13.0. The van der Waals surface area contributed by atoms with E-state index in [-0.39, 0.29) is 0 Å². The predicted octanol–water partition coefficient (Wildman–Crippen LogP) is 2.51. The maximum absolute atomic E-state index is 4.63. The van der Waals surface area contributed by atoms with Crippen LogP contribution in [0.15, 0.2) is 30.6 Å². The SMILES string of the molecule is CCc1nc(NCC2CCNCC2)cc(-c2ccncc2)n1. The number of pyridine rings is 1. The number of hydrogen-bond donors (Lipinski definition) is 2. The molecule has 0 radical (unpaired) electrons. The zero-order chi connectivity index (χ0) is 15.2. The van der Waals surface area contributed by atoms with E-state index in [2.05, 4.69) is 32.5 Å². The minimum Gasteiger partial charge on any atom is -0.370 e. The molecule has 3 rings (SSSR count). The first-order valence-electron chi connectivity index (χ1n) is 8.08. The predicted molar refractivity (Wildman–Crippen MR) is 88.7 cm³/mol. The summed E-state index contributed by atoms with van der Waals surface area (Å²) >= 11 is 0. The number of piperidine rings is 1. The van der Waals surface area contributed by atoms with Crippen LogP contribution in [0.4, 0.5) is 5.82 Å². The Hall–Kier alpha value is -2.01. The summed E-state index contributed by atoms with van der Waals surface area (Å²) in [6.45, 7) is 5.32. The van der Waals surface area contributed by atoms with E-state index < -0.39 is 0 Å². The lowest BCUT2D eigenvalue weighted by molar-refractivity contribution is 0.389. The molecule has 0 aliphatic carbocycles. The lowest BCUT2D eigenvalue weighted by atomic mass is 9.98. The molecule has 0 saturated carbocycles. The summed E-state index contributed by atoms with van der Waals surface area (Å²) in [6, 6.07) is 6.01. The molecule has 2 N–H and O–H groups in total. The van der Waals surface area contributed by atoms with Crippen LogP contribution in [0, 0.1) is 5.92 Å². The van der Waals surface area contributed by atoms with Crippen LogP contribution in [0.25, 0.3) is 11.3 Å². The highest BCUT2D eigenvalue weighted by Gasteiger charge is 2.13. The van der Waals surface area contributed by atoms with E-state index in [9.17, 15) is 0 Å². The van der Waals surface area contributed by atoms with Gasteiger partial charge in [-0.1, -0.05) is 6.92 Å². The molecule has 0 spiro atoms. The van der Waals surface area contributed by atoms with Gasteiger partial charge in [0.1, 0.15) is 11.6 Å². The number of nitrogens with zero attached hydrogens (tertiary/aromatic N) is 3. The van der Waals surface area contributed by atoms with Crippen molar-refractivity contribution in [3.8, 4) is 11.3 Å². The van der Waals surface area contributed by atoms with Gasteiger partial charge in [0.2, 0.25) is 0 Å². The Labute approximate surface area is 131 Å². The van der Waals surface area contributed by atoms with Gasteiger partial charge in [0, 0.05) is 37.0 Å². The maximum atomic E-state index is 4.63. The summed E-state index contributed by atoms with van der Waals surface area (Å²) in [5.74, 6) is 2.53. The van der Waals surface area contributed by atoms with Gasteiger partial charge in [0.15, 0.2) is 0 Å². The first kappa shape index (κ1) is 14.9. The number of anilines is 1. The molecular weight excluding hydrogens is 274 g/mol. The van der Waals surface area contributed by atoms with Crippen LogP contribution in [0.3, 0.4) is 0 Å². The van der Waals surface area contributed by atoms with Crippen molar-refractivity contribution in [2.45, 2.75) is 26.2 Å². The van der Waals surface area contributed by atoms with Gasteiger partial charge in [0.25, 0.3) is 0 Å². The molecule has 1 saturated heterocycles. The summed E-state index contributed by atoms with van der Waals surface area (Å²) < 4.78 is 0. The quantitative estimate of drug-likeness (QED) is 0.888. The third kappa shape index (κ3) is 3.80. The van der Waals surface area contributed by atoms with Gasteiger partial charge in [-0.25, -0.2) is 9.97 Å². The fraction of sp³-hybridized carbons (Fsp3) is 0.471. The van der Waals surface area contributed by atoms with Crippen molar-refractivity contribution in [3.05, 3.63) is 36.4 Å². The topological polar surface area (TPSA) is 62.7 Å². The summed E-state index contributed by atoms with van der Waals surface area (Å²) in [4.78, 5) is 13.3. The van der Waals surface area contributed by atoms with Crippen molar-refractivity contribution >= 4 is 5.82 Å². The first-order valence-corrected chi connectivity index (χ1v) is 8.08. The molecule has 2 aromatic rings. The minimum atomic E-state index is 0.727. The number of aryl methyl sites for hydroxylation is 1. The van der Waals surface area contributed by atoms with Crippen molar-refractivity contribution in [1.29, 1.82) is 0 Å². The Kier molecular flexibility index (Phi) is 4.96. The van der Waals surface area contributed by atoms with Gasteiger partial charge in [-0.15, -0.1) is 0 Å². The average molecular weight is 297 g/mol. The normalized spacial score (nSPS) is 15.7. The summed E-state index contributed by atoms with van der Waals surface area (Å²) in [5, 5.41) is 6.91. The molecule has 0 atom stereocenters. The lowest BCUT2D eigenvalue weighted by Crippen LogP contribution is -2.31. The highest BCUT2D eigenvalue weighted by molar-refractivity contribution is 5.61. The third-order valence-electron chi connectivity index (χ3n) is 4.10. The van der Waals surface area contributed by atoms with Crippen LogP contribution in [0.2, 0.25) is 0 Å². The standard InChI is InChI=1S/C17H23N5/c1-2-16-21-15(14-5-9-19-10-6-14)11-17(22-16)20-12-13-3-7-18-8-4-13/h5-6,9-11,13,18H,2-4,7-8,12H2,1H3,(H,20,21,22). The van der Waals surface area contributed by atoms with Gasteiger partial charge < -0.3 is 10.6 Å². The molecule has 0 amide bonds. The second-order valence-electron chi connectivity index (χ2n) is 5.72. The van der Waals surface area contributed by atoms with E-state index in [0.29, 0.717) is 0 Å². The van der Waals surface area contributed by atoms with E-state index >= 15 is 0 Å². The van der Waals surface area contributed by atoms with Crippen LogP contribution in [-0.4, -0.2) is 34.6 Å². The van der Waals surface area contributed by atoms with Crippen LogP contribution in [-0.2, 0) is 6.42 Å². The van der Waals surface area contributed by atoms with Gasteiger partial charge in [-0.05, 0) is 44.0 Å². The molecule has 1 aliphatic rings. The Bertz CT molecular complexity index is 593. The van der Waals surface area contributed by atoms with E-state index in [1.807, 2.05) is 18.2 Å².